The summed E-state index contributed by atoms with van der Waals surface area (Å²) in [6.07, 6.45) is 2.04. The zero-order valence-corrected chi connectivity index (χ0v) is 15.3. The topological polar surface area (TPSA) is 44.8 Å². The second kappa shape index (κ2) is 6.61. The lowest BCUT2D eigenvalue weighted by atomic mass is 9.61. The molecule has 5 heteroatoms. The number of rotatable bonds is 3. The van der Waals surface area contributed by atoms with Crippen LogP contribution in [0.1, 0.15) is 32.3 Å². The molecule has 1 aromatic rings. The maximum absolute atomic E-state index is 12.5. The van der Waals surface area contributed by atoms with Crippen molar-refractivity contribution in [2.75, 3.05) is 26.2 Å². The molecule has 2 aliphatic heterocycles. The summed E-state index contributed by atoms with van der Waals surface area (Å²) in [6.45, 7) is 9.17. The van der Waals surface area contributed by atoms with E-state index in [-0.39, 0.29) is 24.3 Å². The average molecular weight is 343 g/mol. The van der Waals surface area contributed by atoms with Gasteiger partial charge in [0, 0.05) is 50.2 Å². The summed E-state index contributed by atoms with van der Waals surface area (Å²) in [5.74, 6) is 0. The Bertz CT molecular complexity index is 597. The van der Waals surface area contributed by atoms with Gasteiger partial charge >= 0.3 is 6.09 Å². The van der Waals surface area contributed by atoms with Gasteiger partial charge in [-0.05, 0) is 32.3 Å². The molecule has 5 nitrogen and oxygen atoms in total. The van der Waals surface area contributed by atoms with Crippen molar-refractivity contribution >= 4 is 6.09 Å². The van der Waals surface area contributed by atoms with Crippen LogP contribution in [0.5, 0.6) is 0 Å². The fourth-order valence-corrected chi connectivity index (χ4v) is 4.80. The zero-order valence-electron chi connectivity index (χ0n) is 15.3. The van der Waals surface area contributed by atoms with Gasteiger partial charge in [0.2, 0.25) is 0 Å². The summed E-state index contributed by atoms with van der Waals surface area (Å²) in [5, 5.41) is 3.35. The van der Waals surface area contributed by atoms with E-state index in [1.807, 2.05) is 4.90 Å². The first-order chi connectivity index (χ1) is 12.0. The first-order valence-electron chi connectivity index (χ1n) is 9.51. The normalized spacial score (nSPS) is 29.1. The van der Waals surface area contributed by atoms with E-state index in [1.165, 1.54) is 5.56 Å². The van der Waals surface area contributed by atoms with Crippen LogP contribution in [0.3, 0.4) is 0 Å². The Morgan fingerprint density at radius 3 is 2.44 bits per heavy atom. The van der Waals surface area contributed by atoms with Gasteiger partial charge in [-0.1, -0.05) is 30.3 Å². The molecular weight excluding hydrogens is 314 g/mol. The SMILES string of the molecule is C[C@@H]1CNC[C@H](C)N1C(=O)OC1CC2(C1)CN(Cc1ccccc1)C2. The lowest BCUT2D eigenvalue weighted by Gasteiger charge is -2.58. The van der Waals surface area contributed by atoms with Crippen LogP contribution in [0.25, 0.3) is 0 Å². The Labute approximate surface area is 150 Å². The summed E-state index contributed by atoms with van der Waals surface area (Å²) in [7, 11) is 0. The minimum atomic E-state index is -0.123. The molecule has 0 aromatic heterocycles. The van der Waals surface area contributed by atoms with Crippen molar-refractivity contribution in [1.29, 1.82) is 0 Å². The monoisotopic (exact) mass is 343 g/mol. The molecule has 1 saturated carbocycles. The number of nitrogens with one attached hydrogen (secondary N) is 1. The van der Waals surface area contributed by atoms with E-state index in [9.17, 15) is 4.79 Å². The average Bonchev–Trinajstić information content (AvgIpc) is 2.51. The first-order valence-corrected chi connectivity index (χ1v) is 9.51. The molecule has 0 bridgehead atoms. The molecule has 1 spiro atoms. The summed E-state index contributed by atoms with van der Waals surface area (Å²) in [6, 6.07) is 11.0. The molecule has 1 aliphatic carbocycles. The molecule has 3 aliphatic rings. The molecule has 0 radical (unpaired) electrons. The van der Waals surface area contributed by atoms with Crippen LogP contribution in [-0.4, -0.2) is 60.3 Å². The second-order valence-electron chi connectivity index (χ2n) is 8.31. The molecule has 1 amide bonds. The number of hydrogen-bond acceptors (Lipinski definition) is 4. The van der Waals surface area contributed by atoms with Crippen LogP contribution in [-0.2, 0) is 11.3 Å². The van der Waals surface area contributed by atoms with Crippen LogP contribution >= 0.6 is 0 Å². The second-order valence-corrected chi connectivity index (χ2v) is 8.31. The van der Waals surface area contributed by atoms with Gasteiger partial charge in [-0.2, -0.15) is 0 Å². The molecule has 1 aromatic carbocycles. The molecule has 2 atom stereocenters. The van der Waals surface area contributed by atoms with Crippen LogP contribution in [0.2, 0.25) is 0 Å². The third-order valence-corrected chi connectivity index (χ3v) is 6.00. The van der Waals surface area contributed by atoms with E-state index < -0.39 is 0 Å². The fourth-order valence-electron chi connectivity index (χ4n) is 4.80. The highest BCUT2D eigenvalue weighted by Gasteiger charge is 2.53. The number of likely N-dealkylation sites (tertiary alicyclic amines) is 1. The van der Waals surface area contributed by atoms with Gasteiger partial charge in [0.1, 0.15) is 6.10 Å². The highest BCUT2D eigenvalue weighted by Crippen LogP contribution is 2.50. The molecule has 3 fully saturated rings. The van der Waals surface area contributed by atoms with Crippen LogP contribution in [0, 0.1) is 5.41 Å². The van der Waals surface area contributed by atoms with E-state index >= 15 is 0 Å². The summed E-state index contributed by atoms with van der Waals surface area (Å²) < 4.78 is 5.79. The molecule has 2 heterocycles. The van der Waals surface area contributed by atoms with Crippen molar-refractivity contribution in [2.24, 2.45) is 5.41 Å². The number of ether oxygens (including phenoxy) is 1. The van der Waals surface area contributed by atoms with E-state index in [4.69, 9.17) is 4.74 Å². The van der Waals surface area contributed by atoms with E-state index in [0.717, 1.165) is 45.6 Å². The minimum absolute atomic E-state index is 0.112. The van der Waals surface area contributed by atoms with Gasteiger partial charge in [0.05, 0.1) is 0 Å². The fraction of sp³-hybridized carbons (Fsp3) is 0.650. The van der Waals surface area contributed by atoms with Crippen molar-refractivity contribution in [2.45, 2.75) is 51.4 Å². The third kappa shape index (κ3) is 3.40. The molecule has 136 valence electrons. The van der Waals surface area contributed by atoms with Crippen molar-refractivity contribution in [3.63, 3.8) is 0 Å². The van der Waals surface area contributed by atoms with Gasteiger partial charge < -0.3 is 15.0 Å². The number of hydrogen-bond donors (Lipinski definition) is 1. The Kier molecular flexibility index (Phi) is 4.46. The zero-order chi connectivity index (χ0) is 17.4. The minimum Gasteiger partial charge on any atom is -0.446 e. The number of carbonyl (C=O) groups excluding carboxylic acids is 1. The highest BCUT2D eigenvalue weighted by atomic mass is 16.6. The van der Waals surface area contributed by atoms with Gasteiger partial charge in [-0.15, -0.1) is 0 Å². The highest BCUT2D eigenvalue weighted by molar-refractivity contribution is 5.69. The molecule has 4 rings (SSSR count). The molecular formula is C20H29N3O2. The maximum atomic E-state index is 12.5. The number of benzene rings is 1. The van der Waals surface area contributed by atoms with Crippen LogP contribution in [0.4, 0.5) is 4.79 Å². The van der Waals surface area contributed by atoms with Gasteiger partial charge in [-0.3, -0.25) is 4.90 Å². The molecule has 25 heavy (non-hydrogen) atoms. The van der Waals surface area contributed by atoms with Crippen LogP contribution < -0.4 is 5.32 Å². The van der Waals surface area contributed by atoms with E-state index in [2.05, 4.69) is 54.4 Å². The van der Waals surface area contributed by atoms with Gasteiger partial charge in [0.15, 0.2) is 0 Å². The Balaban J connectivity index is 1.21. The van der Waals surface area contributed by atoms with Crippen LogP contribution in [0.15, 0.2) is 30.3 Å². The predicted molar refractivity (Wildman–Crippen MR) is 97.3 cm³/mol. The standard InChI is InChI=1S/C20H29N3O2/c1-15-10-21-11-16(2)23(15)19(24)25-18-8-20(9-18)13-22(14-20)12-17-6-4-3-5-7-17/h3-7,15-16,18,21H,8-14H2,1-2H3/t15-,16+. The Hall–Kier alpha value is -1.59. The molecule has 0 unspecified atom stereocenters. The Morgan fingerprint density at radius 2 is 1.80 bits per heavy atom. The van der Waals surface area contributed by atoms with Crippen molar-refractivity contribution in [3.05, 3.63) is 35.9 Å². The van der Waals surface area contributed by atoms with Gasteiger partial charge in [-0.25, -0.2) is 4.79 Å². The lowest BCUT2D eigenvalue weighted by Crippen LogP contribution is -2.64. The Morgan fingerprint density at radius 1 is 1.16 bits per heavy atom. The van der Waals surface area contributed by atoms with Gasteiger partial charge in [0.25, 0.3) is 0 Å². The summed E-state index contributed by atoms with van der Waals surface area (Å²) in [4.78, 5) is 16.9. The quantitative estimate of drug-likeness (QED) is 0.916. The van der Waals surface area contributed by atoms with Crippen molar-refractivity contribution in [3.8, 4) is 0 Å². The van der Waals surface area contributed by atoms with E-state index in [0.29, 0.717) is 5.41 Å². The molecule has 2 saturated heterocycles. The first kappa shape index (κ1) is 16.9. The van der Waals surface area contributed by atoms with E-state index in [1.54, 1.807) is 0 Å². The third-order valence-electron chi connectivity index (χ3n) is 6.00. The predicted octanol–water partition coefficient (Wildman–Crippen LogP) is 2.47. The summed E-state index contributed by atoms with van der Waals surface area (Å²) >= 11 is 0. The van der Waals surface area contributed by atoms with Crippen molar-refractivity contribution in [1.82, 2.24) is 15.1 Å². The number of piperazine rings is 1. The largest absolute Gasteiger partial charge is 0.446 e. The smallest absolute Gasteiger partial charge is 0.410 e. The van der Waals surface area contributed by atoms with Crippen molar-refractivity contribution < 1.29 is 9.53 Å². The number of carbonyl (C=O) groups is 1. The summed E-state index contributed by atoms with van der Waals surface area (Å²) in [5.41, 5.74) is 1.78. The lowest BCUT2D eigenvalue weighted by molar-refractivity contribution is -0.138. The maximum Gasteiger partial charge on any atom is 0.410 e. The number of amides is 1. The number of nitrogens with zero attached hydrogens (tertiary/aromatic N) is 2. The molecule has 1 N–H and O–H groups in total.